The topological polar surface area (TPSA) is 177 Å². The summed E-state index contributed by atoms with van der Waals surface area (Å²) < 4.78 is 38.2. The molecule has 2 heterocycles. The van der Waals surface area contributed by atoms with E-state index < -0.39 is 68.9 Å². The molecule has 0 radical (unpaired) electrons. The molecule has 0 saturated carbocycles. The Morgan fingerprint density at radius 1 is 0.971 bits per heavy atom. The summed E-state index contributed by atoms with van der Waals surface area (Å²) in [4.78, 5) is 69.0. The number of rotatable bonds is 13. The molecular weight excluding hydrogens is 514 g/mol. The van der Waals surface area contributed by atoms with Crippen LogP contribution in [0.4, 0.5) is 0 Å². The summed E-state index contributed by atoms with van der Waals surface area (Å²) >= 11 is 0.813. The number of nitrogens with zero attached hydrogens (tertiary/aromatic N) is 2. The molecule has 4 amide bonds. The molecule has 1 saturated heterocycles. The van der Waals surface area contributed by atoms with Crippen molar-refractivity contribution in [1.29, 1.82) is 0 Å². The van der Waals surface area contributed by atoms with Gasteiger partial charge in [-0.2, -0.15) is 0 Å². The molecule has 2 rings (SSSR count). The summed E-state index contributed by atoms with van der Waals surface area (Å²) in [6, 6.07) is 0. The van der Waals surface area contributed by atoms with Gasteiger partial charge in [0.25, 0.3) is 11.8 Å². The molecule has 1 fully saturated rings. The van der Waals surface area contributed by atoms with Crippen LogP contribution in [0.2, 0.25) is 0 Å². The SMILES string of the molecule is CC(C)(C)CP(=O)(O)OCCOP(=O)(O)OCSC1CC(=O)N(CCN2C(=O)C=CC2=O)C1=O. The van der Waals surface area contributed by atoms with Crippen molar-refractivity contribution in [1.82, 2.24) is 9.80 Å². The Bertz CT molecular complexity index is 931. The minimum Gasteiger partial charge on any atom is -0.324 e. The maximum absolute atomic E-state index is 12.4. The lowest BCUT2D eigenvalue weighted by atomic mass is 10.0. The highest BCUT2D eigenvalue weighted by molar-refractivity contribution is 8.00. The smallest absolute Gasteiger partial charge is 0.324 e. The molecule has 0 aromatic rings. The van der Waals surface area contributed by atoms with E-state index in [0.29, 0.717) is 0 Å². The zero-order valence-corrected chi connectivity index (χ0v) is 21.6. The Labute approximate surface area is 200 Å². The number of carbonyl (C=O) groups is 4. The Morgan fingerprint density at radius 2 is 1.53 bits per heavy atom. The molecular formula is C18H28N2O11P2S. The molecule has 16 heteroatoms. The van der Waals surface area contributed by atoms with Gasteiger partial charge in [0.2, 0.25) is 11.8 Å². The van der Waals surface area contributed by atoms with Gasteiger partial charge >= 0.3 is 15.4 Å². The van der Waals surface area contributed by atoms with Crippen LogP contribution in [0.15, 0.2) is 12.2 Å². The van der Waals surface area contributed by atoms with E-state index in [0.717, 1.165) is 33.7 Å². The van der Waals surface area contributed by atoms with Crippen LogP contribution in [0.5, 0.6) is 0 Å². The number of amides is 4. The molecule has 3 unspecified atom stereocenters. The maximum atomic E-state index is 12.4. The van der Waals surface area contributed by atoms with Crippen LogP contribution in [-0.2, 0) is 41.9 Å². The van der Waals surface area contributed by atoms with E-state index >= 15 is 0 Å². The van der Waals surface area contributed by atoms with E-state index in [4.69, 9.17) is 9.05 Å². The monoisotopic (exact) mass is 542 g/mol. The molecule has 2 N–H and O–H groups in total. The van der Waals surface area contributed by atoms with Gasteiger partial charge in [0, 0.05) is 31.7 Å². The minimum atomic E-state index is -4.53. The molecule has 0 aromatic heterocycles. The van der Waals surface area contributed by atoms with E-state index in [-0.39, 0.29) is 25.7 Å². The Morgan fingerprint density at radius 3 is 2.12 bits per heavy atom. The number of phosphoric ester groups is 1. The highest BCUT2D eigenvalue weighted by Crippen LogP contribution is 2.48. The zero-order valence-electron chi connectivity index (χ0n) is 18.9. The van der Waals surface area contributed by atoms with Gasteiger partial charge < -0.3 is 14.3 Å². The van der Waals surface area contributed by atoms with E-state index in [1.165, 1.54) is 0 Å². The second kappa shape index (κ2) is 11.6. The predicted octanol–water partition coefficient (Wildman–Crippen LogP) is 1.11. The Balaban J connectivity index is 1.70. The average molecular weight is 542 g/mol. The fraction of sp³-hybridized carbons (Fsp3) is 0.667. The summed E-state index contributed by atoms with van der Waals surface area (Å²) in [5, 5.41) is -0.864. The lowest BCUT2D eigenvalue weighted by molar-refractivity contribution is -0.142. The van der Waals surface area contributed by atoms with Crippen LogP contribution in [0.3, 0.4) is 0 Å². The lowest BCUT2D eigenvalue weighted by Crippen LogP contribution is -2.41. The van der Waals surface area contributed by atoms with Crippen LogP contribution < -0.4 is 0 Å². The predicted molar refractivity (Wildman–Crippen MR) is 120 cm³/mol. The summed E-state index contributed by atoms with van der Waals surface area (Å²) in [6.45, 7) is 4.11. The van der Waals surface area contributed by atoms with Crippen molar-refractivity contribution in [2.45, 2.75) is 32.4 Å². The first kappa shape index (κ1) is 28.9. The number of carbonyl (C=O) groups excluding carboxylic acids is 4. The highest BCUT2D eigenvalue weighted by Gasteiger charge is 2.40. The van der Waals surface area contributed by atoms with Crippen LogP contribution >= 0.6 is 27.2 Å². The van der Waals surface area contributed by atoms with Crippen LogP contribution in [-0.4, -0.2) is 86.9 Å². The van der Waals surface area contributed by atoms with E-state index in [1.807, 2.05) is 0 Å². The molecule has 192 valence electrons. The summed E-state index contributed by atoms with van der Waals surface area (Å²) in [7, 11) is -8.42. The number of phosphoric acid groups is 1. The standard InChI is InChI=1S/C18H28N2O11P2S/c1-18(2,3)11-32(25,26)29-8-9-30-33(27,28)31-12-34-13-10-16(23)20(17(13)24)7-6-19-14(21)4-5-15(19)22/h4-5,13H,6-12H2,1-3H3,(H,25,26)(H,27,28). The average Bonchev–Trinajstić information content (AvgIpc) is 3.14. The minimum absolute atomic E-state index is 0.101. The van der Waals surface area contributed by atoms with Crippen molar-refractivity contribution in [3.63, 3.8) is 0 Å². The highest BCUT2D eigenvalue weighted by atomic mass is 32.2. The quantitative estimate of drug-likeness (QED) is 0.147. The first-order valence-corrected chi connectivity index (χ1v) is 14.5. The molecule has 34 heavy (non-hydrogen) atoms. The molecule has 2 aliphatic heterocycles. The first-order valence-electron chi connectivity index (χ1n) is 10.2. The Kier molecular flexibility index (Phi) is 9.83. The van der Waals surface area contributed by atoms with Gasteiger partial charge in [-0.15, -0.1) is 11.8 Å². The summed E-state index contributed by atoms with van der Waals surface area (Å²) in [5.74, 6) is -2.56. The second-order valence-corrected chi connectivity index (χ2v) is 13.1. The van der Waals surface area contributed by atoms with Gasteiger partial charge in [-0.3, -0.25) is 42.6 Å². The molecule has 0 aromatic carbocycles. The van der Waals surface area contributed by atoms with Crippen LogP contribution in [0.1, 0.15) is 27.2 Å². The second-order valence-electron chi connectivity index (χ2n) is 8.64. The van der Waals surface area contributed by atoms with Gasteiger partial charge in [-0.25, -0.2) is 4.57 Å². The largest absolute Gasteiger partial charge is 0.473 e. The van der Waals surface area contributed by atoms with Crippen LogP contribution in [0, 0.1) is 5.41 Å². The summed E-state index contributed by atoms with van der Waals surface area (Å²) in [6.07, 6.45) is 1.93. The zero-order chi connectivity index (χ0) is 25.7. The van der Waals surface area contributed by atoms with Crippen molar-refractivity contribution >= 4 is 50.8 Å². The van der Waals surface area contributed by atoms with Gasteiger partial charge in [0.05, 0.1) is 24.6 Å². The molecule has 3 atom stereocenters. The molecule has 0 aliphatic carbocycles. The Hall–Kier alpha value is -1.37. The third-order valence-electron chi connectivity index (χ3n) is 4.44. The van der Waals surface area contributed by atoms with Gasteiger partial charge in [-0.05, 0) is 5.41 Å². The fourth-order valence-electron chi connectivity index (χ4n) is 3.06. The fourth-order valence-corrected chi connectivity index (χ4v) is 6.56. The van der Waals surface area contributed by atoms with E-state index in [2.05, 4.69) is 4.52 Å². The number of imide groups is 2. The van der Waals surface area contributed by atoms with Gasteiger partial charge in [0.1, 0.15) is 5.94 Å². The third-order valence-corrected chi connectivity index (χ3v) is 8.54. The number of thioether (sulfide) groups is 1. The van der Waals surface area contributed by atoms with Crippen molar-refractivity contribution in [3.8, 4) is 0 Å². The van der Waals surface area contributed by atoms with E-state index in [1.54, 1.807) is 20.8 Å². The van der Waals surface area contributed by atoms with Crippen molar-refractivity contribution in [2.75, 3.05) is 38.4 Å². The number of hydrogen-bond donors (Lipinski definition) is 2. The van der Waals surface area contributed by atoms with E-state index in [9.17, 15) is 38.1 Å². The van der Waals surface area contributed by atoms with Crippen LogP contribution in [0.25, 0.3) is 0 Å². The lowest BCUT2D eigenvalue weighted by Gasteiger charge is -2.22. The van der Waals surface area contributed by atoms with Crippen molar-refractivity contribution < 1.29 is 51.7 Å². The first-order chi connectivity index (χ1) is 15.6. The number of hydrogen-bond acceptors (Lipinski definition) is 10. The molecule has 0 bridgehead atoms. The number of likely N-dealkylation sites (tertiary alicyclic amines) is 1. The van der Waals surface area contributed by atoms with Crippen molar-refractivity contribution in [2.24, 2.45) is 5.41 Å². The molecule has 13 nitrogen and oxygen atoms in total. The maximum Gasteiger partial charge on any atom is 0.473 e. The summed E-state index contributed by atoms with van der Waals surface area (Å²) in [5.41, 5.74) is -0.452. The van der Waals surface area contributed by atoms with Crippen molar-refractivity contribution in [3.05, 3.63) is 12.2 Å². The van der Waals surface area contributed by atoms with Gasteiger partial charge in [-0.1, -0.05) is 20.8 Å². The third kappa shape index (κ3) is 9.01. The normalized spacial score (nSPS) is 22.6. The van der Waals surface area contributed by atoms with Gasteiger partial charge in [0.15, 0.2) is 0 Å². The molecule has 0 spiro atoms. The molecule has 2 aliphatic rings.